The van der Waals surface area contributed by atoms with Crippen LogP contribution in [0.25, 0.3) is 17.4 Å². The number of ether oxygens (including phenoxy) is 3. The number of carbonyl (C=O) groups is 1. The second-order valence-corrected chi connectivity index (χ2v) is 11.1. The summed E-state index contributed by atoms with van der Waals surface area (Å²) in [5.74, 6) is 0.729. The number of furan rings is 1. The van der Waals surface area contributed by atoms with Crippen LogP contribution in [0, 0.1) is 10.1 Å². The third-order valence-corrected chi connectivity index (χ3v) is 8.16. The molecule has 5 rings (SSSR count). The zero-order chi connectivity index (χ0) is 31.5. The number of benzene rings is 2. The van der Waals surface area contributed by atoms with Crippen LogP contribution >= 0.6 is 22.9 Å². The van der Waals surface area contributed by atoms with E-state index >= 15 is 0 Å². The van der Waals surface area contributed by atoms with E-state index in [-0.39, 0.29) is 33.7 Å². The van der Waals surface area contributed by atoms with E-state index in [9.17, 15) is 19.7 Å². The van der Waals surface area contributed by atoms with Crippen molar-refractivity contribution in [3.05, 3.63) is 106 Å². The average molecular weight is 638 g/mol. The van der Waals surface area contributed by atoms with E-state index in [1.807, 2.05) is 6.92 Å². The summed E-state index contributed by atoms with van der Waals surface area (Å²) in [4.78, 5) is 43.8. The van der Waals surface area contributed by atoms with Gasteiger partial charge in [0.05, 0.1) is 53.2 Å². The molecule has 1 atom stereocenters. The van der Waals surface area contributed by atoms with Gasteiger partial charge in [0, 0.05) is 16.7 Å². The summed E-state index contributed by atoms with van der Waals surface area (Å²) in [6.45, 7) is 3.82. The second-order valence-electron chi connectivity index (χ2n) is 9.64. The fraction of sp³-hybridized carbons (Fsp3) is 0.258. The highest BCUT2D eigenvalue weighted by atomic mass is 35.5. The Bertz CT molecular complexity index is 1970. The topological polar surface area (TPSA) is 135 Å². The first kappa shape index (κ1) is 30.8. The molecule has 0 aliphatic carbocycles. The molecule has 11 nitrogen and oxygen atoms in total. The monoisotopic (exact) mass is 637 g/mol. The van der Waals surface area contributed by atoms with Crippen LogP contribution in [-0.4, -0.2) is 36.3 Å². The number of nitrogens with zero attached hydrogens (tertiary/aromatic N) is 3. The quantitative estimate of drug-likeness (QED) is 0.128. The number of hydrogen-bond donors (Lipinski definition) is 0. The summed E-state index contributed by atoms with van der Waals surface area (Å²) in [6.07, 6.45) is 2.71. The minimum atomic E-state index is -0.920. The normalized spacial score (nSPS) is 14.7. The van der Waals surface area contributed by atoms with Gasteiger partial charge in [0.2, 0.25) is 0 Å². The molecule has 0 saturated carbocycles. The van der Waals surface area contributed by atoms with Crippen molar-refractivity contribution in [3.8, 4) is 22.8 Å². The first-order valence-corrected chi connectivity index (χ1v) is 14.9. The van der Waals surface area contributed by atoms with Gasteiger partial charge >= 0.3 is 5.97 Å². The number of halogens is 1. The summed E-state index contributed by atoms with van der Waals surface area (Å²) in [5.41, 5.74) is 0.902. The standard InChI is InChI=1S/C31H28ClN3O8S/c1-5-7-22-27(30(37)42-6-2)28(21-14-17(32)8-12-24(21)41-4)34-29(36)26(44-31(34)33-22)16-19-10-13-25(43-19)20-11-9-18(40-3)15-23(20)35(38)39/h8-16,28H,5-7H2,1-4H3/b26-16+/t28-/m0/s1. The number of rotatable bonds is 10. The second kappa shape index (κ2) is 12.9. The van der Waals surface area contributed by atoms with E-state index in [0.29, 0.717) is 51.2 Å². The molecule has 13 heteroatoms. The van der Waals surface area contributed by atoms with E-state index in [2.05, 4.69) is 0 Å². The van der Waals surface area contributed by atoms with E-state index in [1.165, 1.54) is 30.9 Å². The predicted octanol–water partition coefficient (Wildman–Crippen LogP) is 5.42. The molecule has 3 heterocycles. The zero-order valence-electron chi connectivity index (χ0n) is 24.3. The fourth-order valence-corrected chi connectivity index (χ4v) is 6.22. The first-order valence-electron chi connectivity index (χ1n) is 13.7. The Morgan fingerprint density at radius 1 is 1.16 bits per heavy atom. The molecule has 4 aromatic rings. The number of methoxy groups -OCH3 is 2. The van der Waals surface area contributed by atoms with Gasteiger partial charge < -0.3 is 18.6 Å². The van der Waals surface area contributed by atoms with Gasteiger partial charge in [-0.2, -0.15) is 0 Å². The first-order chi connectivity index (χ1) is 21.2. The highest BCUT2D eigenvalue weighted by Gasteiger charge is 2.36. The zero-order valence-corrected chi connectivity index (χ0v) is 25.9. The number of aromatic nitrogens is 1. The number of thiazole rings is 1. The highest BCUT2D eigenvalue weighted by molar-refractivity contribution is 7.07. The van der Waals surface area contributed by atoms with Crippen molar-refractivity contribution < 1.29 is 28.3 Å². The van der Waals surface area contributed by atoms with Gasteiger partial charge in [0.1, 0.15) is 29.1 Å². The molecule has 0 spiro atoms. The number of esters is 1. The van der Waals surface area contributed by atoms with Crippen molar-refractivity contribution in [2.75, 3.05) is 20.8 Å². The van der Waals surface area contributed by atoms with Crippen molar-refractivity contribution >= 4 is 40.7 Å². The number of allylic oxidation sites excluding steroid dienone is 1. The predicted molar refractivity (Wildman–Crippen MR) is 165 cm³/mol. The van der Waals surface area contributed by atoms with Crippen molar-refractivity contribution in [1.29, 1.82) is 0 Å². The molecule has 0 unspecified atom stereocenters. The Morgan fingerprint density at radius 2 is 1.95 bits per heavy atom. The molecule has 1 aliphatic heterocycles. The molecule has 2 aromatic heterocycles. The summed E-state index contributed by atoms with van der Waals surface area (Å²) in [5, 5.41) is 12.1. The molecule has 0 radical (unpaired) electrons. The van der Waals surface area contributed by atoms with Gasteiger partial charge in [0.15, 0.2) is 4.80 Å². The maximum atomic E-state index is 14.1. The van der Waals surface area contributed by atoms with E-state index in [4.69, 9.17) is 35.2 Å². The molecule has 0 N–H and O–H groups in total. The van der Waals surface area contributed by atoms with Gasteiger partial charge in [-0.05, 0) is 55.8 Å². The molecule has 0 fully saturated rings. The smallest absolute Gasteiger partial charge is 0.338 e. The number of carbonyl (C=O) groups excluding carboxylic acids is 1. The van der Waals surface area contributed by atoms with Crippen molar-refractivity contribution in [1.82, 2.24) is 4.57 Å². The molecule has 0 bridgehead atoms. The Balaban J connectivity index is 1.70. The number of nitro benzene ring substituents is 1. The van der Waals surface area contributed by atoms with E-state index < -0.39 is 22.5 Å². The lowest BCUT2D eigenvalue weighted by molar-refractivity contribution is -0.384. The molecule has 0 amide bonds. The summed E-state index contributed by atoms with van der Waals surface area (Å²) >= 11 is 7.53. The summed E-state index contributed by atoms with van der Waals surface area (Å²) < 4.78 is 23.8. The summed E-state index contributed by atoms with van der Waals surface area (Å²) in [7, 11) is 2.92. The molecule has 228 valence electrons. The molecular weight excluding hydrogens is 610 g/mol. The molecule has 44 heavy (non-hydrogen) atoms. The van der Waals surface area contributed by atoms with Crippen LogP contribution in [-0.2, 0) is 9.53 Å². The van der Waals surface area contributed by atoms with Crippen molar-refractivity contribution in [2.24, 2.45) is 4.99 Å². The lowest BCUT2D eigenvalue weighted by atomic mass is 9.93. The average Bonchev–Trinajstić information content (AvgIpc) is 3.60. The van der Waals surface area contributed by atoms with Gasteiger partial charge in [0.25, 0.3) is 11.2 Å². The Labute approximate surface area is 260 Å². The highest BCUT2D eigenvalue weighted by Crippen LogP contribution is 2.38. The third-order valence-electron chi connectivity index (χ3n) is 6.95. The van der Waals surface area contributed by atoms with Crippen LogP contribution < -0.4 is 24.4 Å². The van der Waals surface area contributed by atoms with Crippen LogP contribution in [0.4, 0.5) is 5.69 Å². The molecule has 2 aromatic carbocycles. The number of nitro groups is 1. The van der Waals surface area contributed by atoms with Crippen LogP contribution in [0.3, 0.4) is 0 Å². The molecular formula is C31H28ClN3O8S. The molecule has 0 saturated heterocycles. The van der Waals surface area contributed by atoms with E-state index in [0.717, 1.165) is 11.3 Å². The van der Waals surface area contributed by atoms with Crippen LogP contribution in [0.5, 0.6) is 11.5 Å². The van der Waals surface area contributed by atoms with Crippen LogP contribution in [0.15, 0.2) is 74.0 Å². The van der Waals surface area contributed by atoms with Crippen LogP contribution in [0.2, 0.25) is 5.02 Å². The minimum absolute atomic E-state index is 0.138. The molecule has 1 aliphatic rings. The Morgan fingerprint density at radius 3 is 2.64 bits per heavy atom. The van der Waals surface area contributed by atoms with Gasteiger partial charge in [-0.15, -0.1) is 0 Å². The van der Waals surface area contributed by atoms with Crippen molar-refractivity contribution in [2.45, 2.75) is 32.7 Å². The number of fused-ring (bicyclic) bond motifs is 1. The lowest BCUT2D eigenvalue weighted by Gasteiger charge is -2.27. The number of hydrogen-bond acceptors (Lipinski definition) is 10. The SMILES string of the molecule is CCCC1=C(C(=O)OCC)[C@H](c2cc(Cl)ccc2OC)n2c(s/c(=C/c3ccc(-c4ccc(OC)cc4[N+](=O)[O-])o3)c2=O)=N1. The maximum Gasteiger partial charge on any atom is 0.338 e. The summed E-state index contributed by atoms with van der Waals surface area (Å²) in [6, 6.07) is 11.7. The largest absolute Gasteiger partial charge is 0.497 e. The van der Waals surface area contributed by atoms with Gasteiger partial charge in [-0.1, -0.05) is 36.3 Å². The van der Waals surface area contributed by atoms with Crippen molar-refractivity contribution in [3.63, 3.8) is 0 Å². The maximum absolute atomic E-state index is 14.1. The van der Waals surface area contributed by atoms with Gasteiger partial charge in [-0.3, -0.25) is 19.5 Å². The lowest BCUT2D eigenvalue weighted by Crippen LogP contribution is -2.40. The van der Waals surface area contributed by atoms with Gasteiger partial charge in [-0.25, -0.2) is 9.79 Å². The fourth-order valence-electron chi connectivity index (χ4n) is 5.04. The van der Waals surface area contributed by atoms with E-state index in [1.54, 1.807) is 49.4 Å². The third kappa shape index (κ3) is 5.78. The van der Waals surface area contributed by atoms with Crippen LogP contribution in [0.1, 0.15) is 44.1 Å². The Kier molecular flexibility index (Phi) is 9.02. The minimum Gasteiger partial charge on any atom is -0.497 e. The Hall–Kier alpha value is -4.68.